The Morgan fingerprint density at radius 3 is 2.25 bits per heavy atom. The number of esters is 1. The van der Waals surface area contributed by atoms with Crippen LogP contribution in [0.1, 0.15) is 105 Å². The Morgan fingerprint density at radius 1 is 0.930 bits per heavy atom. The lowest BCUT2D eigenvalue weighted by Crippen LogP contribution is -2.64. The van der Waals surface area contributed by atoms with Crippen LogP contribution in [0, 0.1) is 29.6 Å². The third-order valence-corrected chi connectivity index (χ3v) is 12.9. The smallest absolute Gasteiger partial charge is 0.329 e. The van der Waals surface area contributed by atoms with Gasteiger partial charge < -0.3 is 43.9 Å². The maximum Gasteiger partial charge on any atom is 0.329 e. The molecule has 13 nitrogen and oxygen atoms in total. The zero-order valence-electron chi connectivity index (χ0n) is 35.4. The van der Waals surface area contributed by atoms with Crippen LogP contribution in [0.15, 0.2) is 36.0 Å². The zero-order valence-corrected chi connectivity index (χ0v) is 35.4. The predicted molar refractivity (Wildman–Crippen MR) is 213 cm³/mol. The summed E-state index contributed by atoms with van der Waals surface area (Å²) >= 11 is 0. The first-order chi connectivity index (χ1) is 27.0. The molecule has 0 aromatic heterocycles. The molecule has 3 aliphatic heterocycles. The van der Waals surface area contributed by atoms with Crippen LogP contribution < -0.4 is 0 Å². The molecule has 4 rings (SSSR count). The number of methoxy groups -OCH3 is 3. The van der Waals surface area contributed by atoms with Gasteiger partial charge in [0.25, 0.3) is 11.7 Å². The van der Waals surface area contributed by atoms with E-state index in [2.05, 4.69) is 6.58 Å². The minimum Gasteiger partial charge on any atom is -0.456 e. The lowest BCUT2D eigenvalue weighted by molar-refractivity contribution is -0.302. The second kappa shape index (κ2) is 21.0. The highest BCUT2D eigenvalue weighted by Gasteiger charge is 2.56. The van der Waals surface area contributed by atoms with Crippen molar-refractivity contribution in [1.82, 2.24) is 4.90 Å². The van der Waals surface area contributed by atoms with E-state index < -0.39 is 83.9 Å². The summed E-state index contributed by atoms with van der Waals surface area (Å²) in [7, 11) is 4.61. The van der Waals surface area contributed by atoms with Crippen LogP contribution in [-0.4, -0.2) is 126 Å². The Bertz CT molecular complexity index is 1480. The van der Waals surface area contributed by atoms with Gasteiger partial charge in [0, 0.05) is 52.0 Å². The van der Waals surface area contributed by atoms with E-state index in [9.17, 15) is 34.5 Å². The van der Waals surface area contributed by atoms with Crippen molar-refractivity contribution in [2.75, 3.05) is 27.9 Å². The molecule has 4 aliphatic rings. The van der Waals surface area contributed by atoms with E-state index in [1.165, 1.54) is 19.1 Å². The van der Waals surface area contributed by atoms with Crippen molar-refractivity contribution < 1.29 is 58.2 Å². The van der Waals surface area contributed by atoms with Gasteiger partial charge in [-0.3, -0.25) is 14.4 Å². The van der Waals surface area contributed by atoms with Gasteiger partial charge >= 0.3 is 5.97 Å². The Morgan fingerprint density at radius 2 is 1.60 bits per heavy atom. The summed E-state index contributed by atoms with van der Waals surface area (Å²) in [6.07, 6.45) is 4.93. The lowest BCUT2D eigenvalue weighted by Gasteiger charge is -2.47. The molecule has 0 aromatic rings. The summed E-state index contributed by atoms with van der Waals surface area (Å²) in [6.45, 7) is 13.1. The fraction of sp³-hybridized carbons (Fsp3) is 0.773. The summed E-state index contributed by atoms with van der Waals surface area (Å²) in [5, 5.41) is 34.1. The summed E-state index contributed by atoms with van der Waals surface area (Å²) < 4.78 is 29.7. The van der Waals surface area contributed by atoms with Crippen molar-refractivity contribution in [1.29, 1.82) is 0 Å². The monoisotopic (exact) mass is 803 g/mol. The van der Waals surface area contributed by atoms with Gasteiger partial charge in [-0.25, -0.2) is 4.79 Å². The van der Waals surface area contributed by atoms with Crippen molar-refractivity contribution in [3.05, 3.63) is 36.0 Å². The molecule has 1 amide bonds. The highest BCUT2D eigenvalue weighted by Crippen LogP contribution is 2.39. The number of nitrogens with zero attached hydrogens (tertiary/aromatic N) is 1. The van der Waals surface area contributed by atoms with E-state index >= 15 is 0 Å². The summed E-state index contributed by atoms with van der Waals surface area (Å²) in [5.74, 6) is -7.76. The molecule has 0 radical (unpaired) electrons. The first kappa shape index (κ1) is 46.9. The second-order valence-electron chi connectivity index (χ2n) is 17.3. The summed E-state index contributed by atoms with van der Waals surface area (Å²) in [6, 6.07) is -1.14. The first-order valence-corrected chi connectivity index (χ1v) is 20.9. The van der Waals surface area contributed by atoms with Gasteiger partial charge in [-0.2, -0.15) is 0 Å². The minimum atomic E-state index is -2.51. The van der Waals surface area contributed by atoms with Gasteiger partial charge in [-0.05, 0) is 95.5 Å². The highest BCUT2D eigenvalue weighted by molar-refractivity contribution is 6.39. The van der Waals surface area contributed by atoms with Crippen LogP contribution in [-0.2, 0) is 42.9 Å². The Hall–Kier alpha value is -2.78. The van der Waals surface area contributed by atoms with Crippen molar-refractivity contribution in [3.63, 3.8) is 0 Å². The van der Waals surface area contributed by atoms with Crippen LogP contribution in [0.25, 0.3) is 0 Å². The number of carbonyl (C=O) groups excluding carboxylic acids is 4. The van der Waals surface area contributed by atoms with Crippen molar-refractivity contribution in [2.45, 2.75) is 160 Å². The average molecular weight is 804 g/mol. The van der Waals surface area contributed by atoms with Crippen LogP contribution in [0.5, 0.6) is 0 Å². The summed E-state index contributed by atoms with van der Waals surface area (Å²) in [5.41, 5.74) is 1.61. The molecular weight excluding hydrogens is 734 g/mol. The van der Waals surface area contributed by atoms with E-state index in [0.29, 0.717) is 56.9 Å². The van der Waals surface area contributed by atoms with Crippen LogP contribution in [0.2, 0.25) is 0 Å². The number of ketones is 2. The number of rotatable bonds is 7. The van der Waals surface area contributed by atoms with Crippen molar-refractivity contribution in [3.8, 4) is 0 Å². The fourth-order valence-electron chi connectivity index (χ4n) is 9.42. The van der Waals surface area contributed by atoms with Gasteiger partial charge in [0.15, 0.2) is 0 Å². The molecule has 2 saturated heterocycles. The predicted octanol–water partition coefficient (Wildman–Crippen LogP) is 4.64. The number of aliphatic hydroxyl groups excluding tert-OH is 2. The van der Waals surface area contributed by atoms with Crippen LogP contribution in [0.3, 0.4) is 0 Å². The second-order valence-corrected chi connectivity index (χ2v) is 17.3. The SMILES string of the molecule is C=CC[C@@H]1/C=C(\C)C[C@H](C)C[C@H](OC)[C@H]2O[C@@](O)(C(=O)C(=O)N3CCCC[C@@H]3C(=O)O[C@H](/C(C)=C/[C@@H]3CC[C@H](O)[C@H](OC)C3)[C@H](C)[C@H](O)CC1=O)[C@H](C)C[C@@H]2OC. The number of amides is 1. The topological polar surface area (TPSA) is 178 Å². The number of hydrogen-bond donors (Lipinski definition) is 3. The van der Waals surface area contributed by atoms with Crippen LogP contribution in [0.4, 0.5) is 0 Å². The highest BCUT2D eigenvalue weighted by atomic mass is 16.7. The van der Waals surface area contributed by atoms with E-state index in [-0.39, 0.29) is 49.5 Å². The molecule has 1 aliphatic carbocycles. The zero-order chi connectivity index (χ0) is 42.2. The van der Waals surface area contributed by atoms with Gasteiger partial charge in [-0.1, -0.05) is 44.6 Å². The lowest BCUT2D eigenvalue weighted by atomic mass is 9.81. The Kier molecular flexibility index (Phi) is 17.2. The molecule has 14 atom stereocenters. The third kappa shape index (κ3) is 11.3. The molecule has 3 N–H and O–H groups in total. The molecule has 57 heavy (non-hydrogen) atoms. The molecule has 3 heterocycles. The van der Waals surface area contributed by atoms with Gasteiger partial charge in [0.1, 0.15) is 24.0 Å². The molecule has 1 saturated carbocycles. The Balaban J connectivity index is 1.78. The molecule has 2 bridgehead atoms. The molecule has 3 fully saturated rings. The largest absolute Gasteiger partial charge is 0.456 e. The number of hydrogen-bond acceptors (Lipinski definition) is 12. The number of aliphatic hydroxyl groups is 3. The van der Waals surface area contributed by atoms with E-state index in [0.717, 1.165) is 5.57 Å². The molecule has 322 valence electrons. The molecule has 0 unspecified atom stereocenters. The van der Waals surface area contributed by atoms with Gasteiger partial charge in [-0.15, -0.1) is 6.58 Å². The number of carbonyl (C=O) groups is 4. The number of ether oxygens (including phenoxy) is 5. The maximum absolute atomic E-state index is 14.3. The average Bonchev–Trinajstić information content (AvgIpc) is 3.18. The van der Waals surface area contributed by atoms with E-state index in [1.54, 1.807) is 27.0 Å². The number of allylic oxidation sites excluding steroid dienone is 4. The van der Waals surface area contributed by atoms with E-state index in [4.69, 9.17) is 23.7 Å². The number of piperidine rings is 1. The quantitative estimate of drug-likeness (QED) is 0.185. The first-order valence-electron chi connectivity index (χ1n) is 20.9. The van der Waals surface area contributed by atoms with Crippen LogP contribution >= 0.6 is 0 Å². The molecule has 0 spiro atoms. The Labute approximate surface area is 339 Å². The third-order valence-electron chi connectivity index (χ3n) is 12.9. The van der Waals surface area contributed by atoms with E-state index in [1.807, 2.05) is 32.9 Å². The number of fused-ring (bicyclic) bond motifs is 3. The normalized spacial score (nSPS) is 41.0. The number of Topliss-reactive ketones (excluding diaryl/α,β-unsaturated/α-hetero) is 2. The molecular formula is C44H69NO12. The maximum atomic E-state index is 14.3. The number of cyclic esters (lactones) is 1. The van der Waals surface area contributed by atoms with Gasteiger partial charge in [0.05, 0.1) is 30.5 Å². The van der Waals surface area contributed by atoms with Crippen molar-refractivity contribution in [2.24, 2.45) is 29.6 Å². The molecule has 13 heteroatoms. The van der Waals surface area contributed by atoms with Gasteiger partial charge in [0.2, 0.25) is 5.79 Å². The fourth-order valence-corrected chi connectivity index (χ4v) is 9.42. The standard InChI is InChI=1S/C44H69NO12/c1-10-13-31-19-25(2)18-26(3)20-37(54-8)40-38(55-9)22-28(5)44(52,57-40)41(49)42(50)45-17-12-11-14-32(45)43(51)56-39(29(6)34(47)24-35(31)48)27(4)21-30-15-16-33(46)36(23-30)53-7/h10,19,21,26,28-34,36-40,46-47,52H,1,11-18,20,22-24H2,2-9H3/b25-19+,27-21+/t26-,28+,29+,30-,31+,32+,33-,34+,36+,37-,38-,39+,40+,44+/m0/s1. The minimum absolute atomic E-state index is 0.00988. The van der Waals surface area contributed by atoms with Crippen molar-refractivity contribution >= 4 is 23.4 Å². The summed E-state index contributed by atoms with van der Waals surface area (Å²) in [4.78, 5) is 57.8. The molecule has 0 aromatic carbocycles.